The van der Waals surface area contributed by atoms with Gasteiger partial charge in [0.05, 0.1) is 11.5 Å². The number of amides is 1. The van der Waals surface area contributed by atoms with Gasteiger partial charge in [-0.2, -0.15) is 13.2 Å². The summed E-state index contributed by atoms with van der Waals surface area (Å²) in [5.41, 5.74) is 1.20. The summed E-state index contributed by atoms with van der Waals surface area (Å²) in [5, 5.41) is 0. The molecule has 188 valence electrons. The Labute approximate surface area is 201 Å². The van der Waals surface area contributed by atoms with Gasteiger partial charge in [0.25, 0.3) is 0 Å². The van der Waals surface area contributed by atoms with Crippen molar-refractivity contribution in [3.8, 4) is 0 Å². The Morgan fingerprint density at radius 2 is 1.76 bits per heavy atom. The second kappa shape index (κ2) is 10.7. The fraction of sp³-hybridized carbons (Fsp3) is 0.667. The second-order valence-electron chi connectivity index (χ2n) is 10.4. The normalized spacial score (nSPS) is 23.5. The number of likely N-dealkylation sites (tertiary alicyclic amines) is 2. The summed E-state index contributed by atoms with van der Waals surface area (Å²) < 4.78 is 40.5. The van der Waals surface area contributed by atoms with Gasteiger partial charge in [-0.25, -0.2) is 0 Å². The van der Waals surface area contributed by atoms with E-state index in [2.05, 4.69) is 23.3 Å². The Kier molecular flexibility index (Phi) is 7.90. The van der Waals surface area contributed by atoms with E-state index in [1.165, 1.54) is 12.1 Å². The molecule has 1 unspecified atom stereocenters. The Balaban J connectivity index is 1.42. The van der Waals surface area contributed by atoms with Crippen LogP contribution in [0.3, 0.4) is 0 Å². The van der Waals surface area contributed by atoms with Crippen LogP contribution in [-0.2, 0) is 11.0 Å². The highest BCUT2D eigenvalue weighted by molar-refractivity contribution is 5.79. The highest BCUT2D eigenvalue weighted by Crippen LogP contribution is 2.40. The summed E-state index contributed by atoms with van der Waals surface area (Å²) in [7, 11) is 0. The van der Waals surface area contributed by atoms with Crippen molar-refractivity contribution in [3.63, 3.8) is 0 Å². The molecule has 3 fully saturated rings. The highest BCUT2D eigenvalue weighted by Gasteiger charge is 2.36. The van der Waals surface area contributed by atoms with Gasteiger partial charge >= 0.3 is 6.18 Å². The zero-order valence-corrected chi connectivity index (χ0v) is 20.3. The summed E-state index contributed by atoms with van der Waals surface area (Å²) in [5.74, 6) is 1.12. The minimum absolute atomic E-state index is 0.0679. The molecule has 3 aliphatic heterocycles. The van der Waals surface area contributed by atoms with Gasteiger partial charge in [-0.1, -0.05) is 19.1 Å². The monoisotopic (exact) mass is 477 g/mol. The van der Waals surface area contributed by atoms with Crippen molar-refractivity contribution in [2.75, 3.05) is 50.7 Å². The van der Waals surface area contributed by atoms with E-state index in [9.17, 15) is 18.0 Å². The molecule has 34 heavy (non-hydrogen) atoms. The third-order valence-electron chi connectivity index (χ3n) is 8.00. The van der Waals surface area contributed by atoms with Crippen LogP contribution in [0.4, 0.5) is 18.9 Å². The zero-order chi connectivity index (χ0) is 24.3. The van der Waals surface area contributed by atoms with Crippen molar-refractivity contribution < 1.29 is 18.0 Å². The van der Waals surface area contributed by atoms with Crippen LogP contribution < -0.4 is 4.90 Å². The van der Waals surface area contributed by atoms with Crippen LogP contribution >= 0.6 is 0 Å². The summed E-state index contributed by atoms with van der Waals surface area (Å²) in [6, 6.07) is 4.30. The van der Waals surface area contributed by atoms with Crippen LogP contribution in [0.1, 0.15) is 62.5 Å². The number of carbonyl (C=O) groups excluding carboxylic acids is 1. The molecule has 0 spiro atoms. The maximum absolute atomic E-state index is 13.5. The maximum atomic E-state index is 13.5. The first-order chi connectivity index (χ1) is 16.3. The van der Waals surface area contributed by atoms with Gasteiger partial charge in [-0.15, -0.1) is 6.58 Å². The van der Waals surface area contributed by atoms with Gasteiger partial charge in [-0.3, -0.25) is 4.79 Å². The van der Waals surface area contributed by atoms with E-state index in [0.29, 0.717) is 19.0 Å². The molecule has 1 amide bonds. The van der Waals surface area contributed by atoms with Gasteiger partial charge in [-0.05, 0) is 74.6 Å². The van der Waals surface area contributed by atoms with Crippen molar-refractivity contribution in [3.05, 3.63) is 42.0 Å². The Morgan fingerprint density at radius 3 is 2.41 bits per heavy atom. The average Bonchev–Trinajstić information content (AvgIpc) is 3.31. The number of carbonyl (C=O) groups is 1. The third-order valence-corrected chi connectivity index (χ3v) is 8.00. The van der Waals surface area contributed by atoms with Crippen LogP contribution in [0.5, 0.6) is 0 Å². The standard InChI is InChI=1S/C27H38F3N3O/c1-3-4-12-31-13-9-22(19-31)26(34)33-16-10-21(11-17-33)24-6-5-23(27(28,29)30)18-25(24)32-14-7-20(2)8-15-32/h3,5-6,18,20-22H,1,4,7-17,19H2,2H3. The molecule has 1 aromatic rings. The predicted octanol–water partition coefficient (Wildman–Crippen LogP) is 5.55. The largest absolute Gasteiger partial charge is 0.416 e. The van der Waals surface area contributed by atoms with E-state index >= 15 is 0 Å². The Morgan fingerprint density at radius 1 is 1.06 bits per heavy atom. The Bertz CT molecular complexity index is 855. The highest BCUT2D eigenvalue weighted by atomic mass is 19.4. The molecule has 3 heterocycles. The minimum atomic E-state index is -4.34. The number of hydrogen-bond donors (Lipinski definition) is 0. The molecule has 3 aliphatic rings. The first-order valence-corrected chi connectivity index (χ1v) is 12.8. The molecule has 1 aromatic carbocycles. The number of anilines is 1. The maximum Gasteiger partial charge on any atom is 0.416 e. The molecule has 0 radical (unpaired) electrons. The van der Waals surface area contributed by atoms with E-state index in [1.54, 1.807) is 6.07 Å². The van der Waals surface area contributed by atoms with Gasteiger partial charge in [0, 0.05) is 45.0 Å². The molecule has 4 nitrogen and oxygen atoms in total. The number of rotatable bonds is 6. The molecule has 3 saturated heterocycles. The lowest BCUT2D eigenvalue weighted by atomic mass is 9.86. The quantitative estimate of drug-likeness (QED) is 0.503. The van der Waals surface area contributed by atoms with Crippen LogP contribution in [-0.4, -0.2) is 61.5 Å². The van der Waals surface area contributed by atoms with Gasteiger partial charge in [0.1, 0.15) is 0 Å². The summed E-state index contributed by atoms with van der Waals surface area (Å²) in [6.07, 6.45) is 3.06. The van der Waals surface area contributed by atoms with Gasteiger partial charge < -0.3 is 14.7 Å². The molecule has 0 aromatic heterocycles. The van der Waals surface area contributed by atoms with Crippen LogP contribution in [0.2, 0.25) is 0 Å². The van der Waals surface area contributed by atoms with Gasteiger partial charge in [0.15, 0.2) is 0 Å². The van der Waals surface area contributed by atoms with E-state index in [0.717, 1.165) is 82.5 Å². The van der Waals surface area contributed by atoms with E-state index < -0.39 is 11.7 Å². The Hall–Kier alpha value is -2.02. The van der Waals surface area contributed by atoms with E-state index in [-0.39, 0.29) is 17.7 Å². The number of alkyl halides is 3. The molecular weight excluding hydrogens is 439 g/mol. The molecule has 0 N–H and O–H groups in total. The van der Waals surface area contributed by atoms with Crippen molar-refractivity contribution in [2.45, 2.75) is 57.5 Å². The van der Waals surface area contributed by atoms with E-state index in [4.69, 9.17) is 0 Å². The predicted molar refractivity (Wildman–Crippen MR) is 130 cm³/mol. The lowest BCUT2D eigenvalue weighted by molar-refractivity contribution is -0.138. The number of halogens is 3. The van der Waals surface area contributed by atoms with Crippen molar-refractivity contribution in [1.29, 1.82) is 0 Å². The van der Waals surface area contributed by atoms with Crippen LogP contribution in [0, 0.1) is 11.8 Å². The van der Waals surface area contributed by atoms with Crippen LogP contribution in [0.25, 0.3) is 0 Å². The van der Waals surface area contributed by atoms with Gasteiger partial charge in [0.2, 0.25) is 5.91 Å². The summed E-state index contributed by atoms with van der Waals surface area (Å²) in [4.78, 5) is 19.6. The molecule has 0 saturated carbocycles. The zero-order valence-electron chi connectivity index (χ0n) is 20.3. The molecule has 0 aliphatic carbocycles. The molecular formula is C27H38F3N3O. The number of nitrogens with zero attached hydrogens (tertiary/aromatic N) is 3. The lowest BCUT2D eigenvalue weighted by Gasteiger charge is -2.38. The minimum Gasteiger partial charge on any atom is -0.371 e. The SMILES string of the molecule is C=CCCN1CCC(C(=O)N2CCC(c3ccc(C(F)(F)F)cc3N3CCC(C)CC3)CC2)C1. The second-order valence-corrected chi connectivity index (χ2v) is 10.4. The van der Waals surface area contributed by atoms with Crippen LogP contribution in [0.15, 0.2) is 30.9 Å². The molecule has 0 bridgehead atoms. The number of piperidine rings is 2. The third kappa shape index (κ3) is 5.78. The fourth-order valence-electron chi connectivity index (χ4n) is 5.77. The first-order valence-electron chi connectivity index (χ1n) is 12.8. The van der Waals surface area contributed by atoms with Crippen molar-refractivity contribution in [2.24, 2.45) is 11.8 Å². The molecule has 1 atom stereocenters. The summed E-state index contributed by atoms with van der Waals surface area (Å²) >= 11 is 0. The topological polar surface area (TPSA) is 26.8 Å². The smallest absolute Gasteiger partial charge is 0.371 e. The summed E-state index contributed by atoms with van der Waals surface area (Å²) in [6.45, 7) is 11.7. The lowest BCUT2D eigenvalue weighted by Crippen LogP contribution is -2.42. The van der Waals surface area contributed by atoms with Crippen molar-refractivity contribution >= 4 is 11.6 Å². The fourth-order valence-corrected chi connectivity index (χ4v) is 5.77. The van der Waals surface area contributed by atoms with Crippen molar-refractivity contribution in [1.82, 2.24) is 9.80 Å². The average molecular weight is 478 g/mol. The first kappa shape index (κ1) is 25.1. The number of benzene rings is 1. The van der Waals surface area contributed by atoms with E-state index in [1.807, 2.05) is 11.0 Å². The number of hydrogen-bond acceptors (Lipinski definition) is 3. The molecule has 4 rings (SSSR count). The molecule has 7 heteroatoms.